The molecule has 0 aromatic heterocycles. The molecule has 1 aromatic carbocycles. The van der Waals surface area contributed by atoms with Crippen molar-refractivity contribution in [1.29, 1.82) is 0 Å². The van der Waals surface area contributed by atoms with E-state index in [1.807, 2.05) is 6.07 Å². The summed E-state index contributed by atoms with van der Waals surface area (Å²) in [5.41, 5.74) is 6.03. The predicted molar refractivity (Wildman–Crippen MR) is 69.9 cm³/mol. The Morgan fingerprint density at radius 2 is 1.88 bits per heavy atom. The van der Waals surface area contributed by atoms with Gasteiger partial charge < -0.3 is 15.2 Å². The number of carbonyl (C=O) groups excluding carboxylic acids is 1. The molecule has 0 radical (unpaired) electrons. The Hall–Kier alpha value is -0.980. The van der Waals surface area contributed by atoms with E-state index >= 15 is 0 Å². The summed E-state index contributed by atoms with van der Waals surface area (Å²) in [6, 6.07) is 3.62. The van der Waals surface area contributed by atoms with Gasteiger partial charge in [0.1, 0.15) is 11.5 Å². The van der Waals surface area contributed by atoms with E-state index in [0.717, 1.165) is 9.13 Å². The maximum Gasteiger partial charge on any atom is 0.224 e. The molecule has 0 saturated carbocycles. The van der Waals surface area contributed by atoms with Crippen LogP contribution in [0.2, 0.25) is 0 Å². The van der Waals surface area contributed by atoms with Gasteiger partial charge in [-0.25, -0.2) is 0 Å². The standard InChI is InChI=1S/C11H14INO3/c1-6(11(13)14)7-4-10(16-3)8(12)5-9(7)15-2/h4-6H,1-3H3,(H2,13,14)/t6-/m1/s1. The summed E-state index contributed by atoms with van der Waals surface area (Å²) >= 11 is 2.15. The minimum absolute atomic E-state index is 0.387. The van der Waals surface area contributed by atoms with Gasteiger partial charge in [-0.05, 0) is 41.6 Å². The van der Waals surface area contributed by atoms with Crippen molar-refractivity contribution in [3.8, 4) is 11.5 Å². The van der Waals surface area contributed by atoms with Crippen LogP contribution >= 0.6 is 22.6 Å². The second-order valence-electron chi connectivity index (χ2n) is 3.35. The first-order valence-corrected chi connectivity index (χ1v) is 5.79. The van der Waals surface area contributed by atoms with Crippen LogP contribution in [0.25, 0.3) is 0 Å². The highest BCUT2D eigenvalue weighted by atomic mass is 127. The molecule has 0 aliphatic heterocycles. The van der Waals surface area contributed by atoms with Crippen molar-refractivity contribution >= 4 is 28.5 Å². The molecule has 4 nitrogen and oxygen atoms in total. The Bertz CT molecular complexity index is 406. The first-order valence-electron chi connectivity index (χ1n) is 4.72. The Kier molecular flexibility index (Phi) is 4.40. The molecule has 1 atom stereocenters. The van der Waals surface area contributed by atoms with Crippen LogP contribution in [-0.4, -0.2) is 20.1 Å². The third-order valence-electron chi connectivity index (χ3n) is 2.40. The Balaban J connectivity index is 3.29. The smallest absolute Gasteiger partial charge is 0.224 e. The molecule has 0 spiro atoms. The van der Waals surface area contributed by atoms with Crippen molar-refractivity contribution in [2.24, 2.45) is 5.73 Å². The van der Waals surface area contributed by atoms with Crippen LogP contribution in [0.3, 0.4) is 0 Å². The summed E-state index contributed by atoms with van der Waals surface area (Å²) < 4.78 is 11.4. The predicted octanol–water partition coefficient (Wildman–Crippen LogP) is 1.90. The van der Waals surface area contributed by atoms with Gasteiger partial charge in [0.25, 0.3) is 0 Å². The normalized spacial score (nSPS) is 12.0. The van der Waals surface area contributed by atoms with E-state index in [2.05, 4.69) is 22.6 Å². The van der Waals surface area contributed by atoms with Crippen LogP contribution < -0.4 is 15.2 Å². The number of amides is 1. The minimum atomic E-state index is -0.402. The monoisotopic (exact) mass is 335 g/mol. The minimum Gasteiger partial charge on any atom is -0.496 e. The zero-order valence-corrected chi connectivity index (χ0v) is 11.6. The van der Waals surface area contributed by atoms with Crippen LogP contribution in [-0.2, 0) is 4.79 Å². The van der Waals surface area contributed by atoms with E-state index in [1.165, 1.54) is 0 Å². The fraction of sp³-hybridized carbons (Fsp3) is 0.364. The van der Waals surface area contributed by atoms with Crippen LogP contribution in [0.1, 0.15) is 18.4 Å². The lowest BCUT2D eigenvalue weighted by atomic mass is 9.99. The number of carbonyl (C=O) groups is 1. The molecule has 1 rings (SSSR count). The molecule has 0 aliphatic rings. The van der Waals surface area contributed by atoms with E-state index in [0.29, 0.717) is 11.5 Å². The van der Waals surface area contributed by atoms with E-state index in [4.69, 9.17) is 15.2 Å². The summed E-state index contributed by atoms with van der Waals surface area (Å²) in [5, 5.41) is 0. The number of benzene rings is 1. The Morgan fingerprint density at radius 1 is 1.31 bits per heavy atom. The quantitative estimate of drug-likeness (QED) is 0.855. The highest BCUT2D eigenvalue weighted by Gasteiger charge is 2.19. The molecule has 2 N–H and O–H groups in total. The van der Waals surface area contributed by atoms with Gasteiger partial charge >= 0.3 is 0 Å². The molecular formula is C11H14INO3. The zero-order chi connectivity index (χ0) is 12.3. The van der Waals surface area contributed by atoms with Crippen molar-refractivity contribution in [2.45, 2.75) is 12.8 Å². The van der Waals surface area contributed by atoms with Crippen molar-refractivity contribution in [3.63, 3.8) is 0 Å². The van der Waals surface area contributed by atoms with E-state index in [9.17, 15) is 4.79 Å². The summed E-state index contributed by atoms with van der Waals surface area (Å²) in [5.74, 6) is 0.573. The summed E-state index contributed by atoms with van der Waals surface area (Å²) in [4.78, 5) is 11.2. The molecule has 1 aromatic rings. The molecule has 5 heteroatoms. The SMILES string of the molecule is COc1cc([C@@H](C)C(N)=O)c(OC)cc1I. The number of hydrogen-bond donors (Lipinski definition) is 1. The number of primary amides is 1. The van der Waals surface area contributed by atoms with Gasteiger partial charge in [-0.15, -0.1) is 0 Å². The van der Waals surface area contributed by atoms with Crippen molar-refractivity contribution < 1.29 is 14.3 Å². The molecule has 0 fully saturated rings. The Morgan fingerprint density at radius 3 is 2.31 bits per heavy atom. The largest absolute Gasteiger partial charge is 0.496 e. The van der Waals surface area contributed by atoms with Gasteiger partial charge in [-0.2, -0.15) is 0 Å². The summed E-state index contributed by atoms with van der Waals surface area (Å²) in [6.07, 6.45) is 0. The highest BCUT2D eigenvalue weighted by Crippen LogP contribution is 2.34. The molecule has 0 aliphatic carbocycles. The van der Waals surface area contributed by atoms with Crippen molar-refractivity contribution in [1.82, 2.24) is 0 Å². The molecule has 88 valence electrons. The number of halogens is 1. The topological polar surface area (TPSA) is 61.5 Å². The maximum absolute atomic E-state index is 11.2. The van der Waals surface area contributed by atoms with E-state index < -0.39 is 5.92 Å². The number of rotatable bonds is 4. The number of hydrogen-bond acceptors (Lipinski definition) is 3. The molecule has 0 heterocycles. The van der Waals surface area contributed by atoms with Crippen LogP contribution in [0, 0.1) is 3.57 Å². The van der Waals surface area contributed by atoms with E-state index in [-0.39, 0.29) is 5.91 Å². The summed E-state index contributed by atoms with van der Waals surface area (Å²) in [6.45, 7) is 1.74. The third kappa shape index (κ3) is 2.58. The number of methoxy groups -OCH3 is 2. The van der Waals surface area contributed by atoms with Crippen LogP contribution in [0.4, 0.5) is 0 Å². The Labute approximate surface area is 108 Å². The van der Waals surface area contributed by atoms with Gasteiger partial charge in [0.2, 0.25) is 5.91 Å². The van der Waals surface area contributed by atoms with Gasteiger partial charge in [-0.1, -0.05) is 0 Å². The van der Waals surface area contributed by atoms with Gasteiger partial charge in [0.15, 0.2) is 0 Å². The molecule has 0 bridgehead atoms. The van der Waals surface area contributed by atoms with Crippen LogP contribution in [0.5, 0.6) is 11.5 Å². The lowest BCUT2D eigenvalue weighted by Gasteiger charge is -2.15. The molecule has 16 heavy (non-hydrogen) atoms. The lowest BCUT2D eigenvalue weighted by Crippen LogP contribution is -2.19. The number of nitrogens with two attached hydrogens (primary N) is 1. The van der Waals surface area contributed by atoms with Gasteiger partial charge in [0, 0.05) is 5.56 Å². The maximum atomic E-state index is 11.2. The summed E-state index contributed by atoms with van der Waals surface area (Å²) in [7, 11) is 3.15. The second-order valence-corrected chi connectivity index (χ2v) is 4.51. The zero-order valence-electron chi connectivity index (χ0n) is 9.41. The van der Waals surface area contributed by atoms with Gasteiger partial charge in [-0.3, -0.25) is 4.79 Å². The fourth-order valence-corrected chi connectivity index (χ4v) is 2.03. The molecule has 0 saturated heterocycles. The highest BCUT2D eigenvalue weighted by molar-refractivity contribution is 14.1. The van der Waals surface area contributed by atoms with Gasteiger partial charge in [0.05, 0.1) is 23.7 Å². The molecule has 0 unspecified atom stereocenters. The third-order valence-corrected chi connectivity index (χ3v) is 3.24. The average Bonchev–Trinajstić information content (AvgIpc) is 2.27. The second kappa shape index (κ2) is 5.38. The first kappa shape index (κ1) is 13.1. The molecular weight excluding hydrogens is 321 g/mol. The van der Waals surface area contributed by atoms with Crippen molar-refractivity contribution in [2.75, 3.05) is 14.2 Å². The van der Waals surface area contributed by atoms with E-state index in [1.54, 1.807) is 27.2 Å². The first-order chi connectivity index (χ1) is 7.51. The number of ether oxygens (including phenoxy) is 2. The van der Waals surface area contributed by atoms with Crippen molar-refractivity contribution in [3.05, 3.63) is 21.3 Å². The molecule has 1 amide bonds. The van der Waals surface area contributed by atoms with Crippen LogP contribution in [0.15, 0.2) is 12.1 Å². The fourth-order valence-electron chi connectivity index (χ4n) is 1.38. The lowest BCUT2D eigenvalue weighted by molar-refractivity contribution is -0.119. The average molecular weight is 335 g/mol.